The molecule has 1 saturated heterocycles. The van der Waals surface area contributed by atoms with Crippen molar-refractivity contribution in [1.29, 1.82) is 0 Å². The standard InChI is InChI=1S/C21H23FN2O/c22-18-10-8-15(9-11-18)12-24-13-16-4-3-5-17(14-24)21(16)23-19-6-1-2-7-20(19)25-21/h1-2,6-11,16-17,23H,3-5,12-14H2. The summed E-state index contributed by atoms with van der Waals surface area (Å²) >= 11 is 0. The second-order valence-electron chi connectivity index (χ2n) is 7.66. The van der Waals surface area contributed by atoms with Gasteiger partial charge in [-0.1, -0.05) is 30.7 Å². The molecule has 5 rings (SSSR count). The first-order chi connectivity index (χ1) is 12.2. The molecule has 4 heteroatoms. The van der Waals surface area contributed by atoms with E-state index in [2.05, 4.69) is 28.4 Å². The van der Waals surface area contributed by atoms with Crippen LogP contribution in [0.2, 0.25) is 0 Å². The van der Waals surface area contributed by atoms with Gasteiger partial charge in [0.1, 0.15) is 11.6 Å². The Kier molecular flexibility index (Phi) is 3.49. The fourth-order valence-corrected chi connectivity index (χ4v) is 4.95. The summed E-state index contributed by atoms with van der Waals surface area (Å²) in [5.74, 6) is 1.78. The number of anilines is 1. The smallest absolute Gasteiger partial charge is 0.188 e. The van der Waals surface area contributed by atoms with Gasteiger partial charge < -0.3 is 10.1 Å². The van der Waals surface area contributed by atoms with Crippen molar-refractivity contribution in [2.24, 2.45) is 11.8 Å². The highest BCUT2D eigenvalue weighted by molar-refractivity contribution is 5.62. The van der Waals surface area contributed by atoms with Crippen molar-refractivity contribution in [3.05, 3.63) is 59.9 Å². The van der Waals surface area contributed by atoms with Crippen molar-refractivity contribution in [3.63, 3.8) is 0 Å². The van der Waals surface area contributed by atoms with Gasteiger partial charge in [0.25, 0.3) is 0 Å². The van der Waals surface area contributed by atoms with Gasteiger partial charge in [-0.15, -0.1) is 0 Å². The number of para-hydroxylation sites is 2. The van der Waals surface area contributed by atoms with E-state index in [0.29, 0.717) is 11.8 Å². The molecular weight excluding hydrogens is 315 g/mol. The van der Waals surface area contributed by atoms with Crippen molar-refractivity contribution < 1.29 is 9.13 Å². The van der Waals surface area contributed by atoms with Crippen LogP contribution in [0.1, 0.15) is 24.8 Å². The number of likely N-dealkylation sites (tertiary alicyclic amines) is 1. The molecule has 2 heterocycles. The maximum Gasteiger partial charge on any atom is 0.188 e. The minimum absolute atomic E-state index is 0.167. The van der Waals surface area contributed by atoms with Gasteiger partial charge >= 0.3 is 0 Å². The zero-order valence-corrected chi connectivity index (χ0v) is 14.2. The number of hydrogen-bond acceptors (Lipinski definition) is 3. The molecule has 0 radical (unpaired) electrons. The van der Waals surface area contributed by atoms with E-state index in [1.165, 1.54) is 24.8 Å². The molecule has 2 unspecified atom stereocenters. The molecule has 25 heavy (non-hydrogen) atoms. The van der Waals surface area contributed by atoms with Gasteiger partial charge in [-0.2, -0.15) is 0 Å². The molecule has 2 aromatic carbocycles. The Balaban J connectivity index is 1.37. The summed E-state index contributed by atoms with van der Waals surface area (Å²) in [5.41, 5.74) is 2.08. The molecule has 2 fully saturated rings. The minimum Gasteiger partial charge on any atom is -0.465 e. The van der Waals surface area contributed by atoms with Crippen LogP contribution in [-0.4, -0.2) is 23.7 Å². The Bertz CT molecular complexity index is 735. The lowest BCUT2D eigenvalue weighted by molar-refractivity contribution is -0.0952. The average molecular weight is 338 g/mol. The lowest BCUT2D eigenvalue weighted by Gasteiger charge is -2.53. The number of rotatable bonds is 2. The van der Waals surface area contributed by atoms with E-state index < -0.39 is 0 Å². The number of hydrogen-bond donors (Lipinski definition) is 1. The van der Waals surface area contributed by atoms with Crippen molar-refractivity contribution in [2.45, 2.75) is 31.5 Å². The molecule has 0 aromatic heterocycles. The van der Waals surface area contributed by atoms with E-state index in [1.54, 1.807) is 12.1 Å². The first-order valence-electron chi connectivity index (χ1n) is 9.26. The fourth-order valence-electron chi connectivity index (χ4n) is 4.95. The quantitative estimate of drug-likeness (QED) is 0.885. The highest BCUT2D eigenvalue weighted by atomic mass is 19.1. The van der Waals surface area contributed by atoms with E-state index >= 15 is 0 Å². The van der Waals surface area contributed by atoms with Crippen LogP contribution < -0.4 is 10.1 Å². The number of halogens is 1. The number of nitrogens with one attached hydrogen (secondary N) is 1. The van der Waals surface area contributed by atoms with Crippen molar-refractivity contribution in [2.75, 3.05) is 18.4 Å². The maximum absolute atomic E-state index is 13.1. The number of piperidine rings is 1. The van der Waals surface area contributed by atoms with Gasteiger partial charge in [0.2, 0.25) is 0 Å². The predicted molar refractivity (Wildman–Crippen MR) is 95.9 cm³/mol. The zero-order chi connectivity index (χ0) is 16.9. The summed E-state index contributed by atoms with van der Waals surface area (Å²) in [7, 11) is 0. The number of ether oxygens (including phenoxy) is 1. The summed E-state index contributed by atoms with van der Waals surface area (Å²) in [5, 5.41) is 3.75. The van der Waals surface area contributed by atoms with Crippen LogP contribution in [0, 0.1) is 17.7 Å². The number of fused-ring (bicyclic) bond motifs is 1. The number of benzene rings is 2. The minimum atomic E-state index is -0.235. The molecular formula is C21H23FN2O. The molecule has 1 saturated carbocycles. The third-order valence-corrected chi connectivity index (χ3v) is 6.09. The Morgan fingerprint density at radius 3 is 2.48 bits per heavy atom. The van der Waals surface area contributed by atoms with Gasteiger partial charge in [0.05, 0.1) is 5.69 Å². The van der Waals surface area contributed by atoms with Gasteiger partial charge in [-0.3, -0.25) is 4.90 Å². The molecule has 1 spiro atoms. The fraction of sp³-hybridized carbons (Fsp3) is 0.429. The van der Waals surface area contributed by atoms with E-state index in [9.17, 15) is 4.39 Å². The van der Waals surface area contributed by atoms with Crippen LogP contribution >= 0.6 is 0 Å². The highest BCUT2D eigenvalue weighted by Gasteiger charge is 2.56. The highest BCUT2D eigenvalue weighted by Crippen LogP contribution is 2.51. The Labute approximate surface area is 147 Å². The summed E-state index contributed by atoms with van der Waals surface area (Å²) < 4.78 is 19.7. The van der Waals surface area contributed by atoms with Gasteiger partial charge in [0, 0.05) is 31.5 Å². The molecule has 1 aliphatic carbocycles. The Morgan fingerprint density at radius 2 is 1.76 bits per heavy atom. The largest absolute Gasteiger partial charge is 0.465 e. The first-order valence-corrected chi connectivity index (χ1v) is 9.26. The topological polar surface area (TPSA) is 24.5 Å². The van der Waals surface area contributed by atoms with Crippen molar-refractivity contribution >= 4 is 5.69 Å². The molecule has 2 aromatic rings. The Morgan fingerprint density at radius 1 is 1.04 bits per heavy atom. The van der Waals surface area contributed by atoms with E-state index in [0.717, 1.165) is 31.1 Å². The summed E-state index contributed by atoms with van der Waals surface area (Å²) in [6, 6.07) is 15.2. The monoisotopic (exact) mass is 338 g/mol. The van der Waals surface area contributed by atoms with Crippen LogP contribution in [0.25, 0.3) is 0 Å². The van der Waals surface area contributed by atoms with Crippen molar-refractivity contribution in [1.82, 2.24) is 4.90 Å². The Hall–Kier alpha value is -2.07. The molecule has 130 valence electrons. The summed E-state index contributed by atoms with van der Waals surface area (Å²) in [4.78, 5) is 2.51. The lowest BCUT2D eigenvalue weighted by Crippen LogP contribution is -2.65. The lowest BCUT2D eigenvalue weighted by atomic mass is 9.70. The normalized spacial score (nSPS) is 30.6. The molecule has 2 aliphatic heterocycles. The van der Waals surface area contributed by atoms with Gasteiger partial charge in [-0.05, 0) is 42.7 Å². The van der Waals surface area contributed by atoms with Crippen LogP contribution in [0.3, 0.4) is 0 Å². The summed E-state index contributed by atoms with van der Waals surface area (Å²) in [6.45, 7) is 2.93. The maximum atomic E-state index is 13.1. The van der Waals surface area contributed by atoms with Crippen LogP contribution in [0.4, 0.5) is 10.1 Å². The van der Waals surface area contributed by atoms with Crippen LogP contribution in [0.5, 0.6) is 5.75 Å². The van der Waals surface area contributed by atoms with E-state index in [1.807, 2.05) is 18.2 Å². The number of nitrogens with zero attached hydrogens (tertiary/aromatic N) is 1. The van der Waals surface area contributed by atoms with Crippen molar-refractivity contribution in [3.8, 4) is 5.75 Å². The average Bonchev–Trinajstić information content (AvgIpc) is 2.97. The molecule has 2 bridgehead atoms. The van der Waals surface area contributed by atoms with Gasteiger partial charge in [-0.25, -0.2) is 4.39 Å². The molecule has 2 atom stereocenters. The predicted octanol–water partition coefficient (Wildman–Crippen LogP) is 4.26. The third kappa shape index (κ3) is 2.51. The second-order valence-corrected chi connectivity index (χ2v) is 7.66. The zero-order valence-electron chi connectivity index (χ0n) is 14.2. The van der Waals surface area contributed by atoms with Crippen LogP contribution in [-0.2, 0) is 6.54 Å². The molecule has 0 amide bonds. The van der Waals surface area contributed by atoms with Crippen LogP contribution in [0.15, 0.2) is 48.5 Å². The summed E-state index contributed by atoms with van der Waals surface area (Å²) in [6.07, 6.45) is 3.66. The van der Waals surface area contributed by atoms with Gasteiger partial charge in [0.15, 0.2) is 5.72 Å². The second kappa shape index (κ2) is 5.73. The van der Waals surface area contributed by atoms with E-state index in [-0.39, 0.29) is 11.5 Å². The molecule has 1 N–H and O–H groups in total. The SMILES string of the molecule is Fc1ccc(CN2CC3CCCC(C2)C32Nc3ccccc3O2)cc1. The first kappa shape index (κ1) is 15.2. The van der Waals surface area contributed by atoms with E-state index in [4.69, 9.17) is 4.74 Å². The molecule has 3 nitrogen and oxygen atoms in total. The molecule has 3 aliphatic rings. The third-order valence-electron chi connectivity index (χ3n) is 6.09.